The van der Waals surface area contributed by atoms with Crippen molar-refractivity contribution in [1.82, 2.24) is 15.6 Å². The van der Waals surface area contributed by atoms with Gasteiger partial charge in [-0.25, -0.2) is 5.84 Å². The molecule has 26 heavy (non-hydrogen) atoms. The first-order chi connectivity index (χ1) is 12.6. The Hall–Kier alpha value is -2.64. The molecular weight excluding hydrogens is 332 g/mol. The lowest BCUT2D eigenvalue weighted by molar-refractivity contribution is -0.134. The SMILES string of the molecule is CCOc1ccc2ccccc2c1CN1CCNC(=O)C1CC(=O)NN. The fourth-order valence-corrected chi connectivity index (χ4v) is 3.38. The predicted molar refractivity (Wildman–Crippen MR) is 99.3 cm³/mol. The molecule has 138 valence electrons. The minimum absolute atomic E-state index is 0.0249. The maximum absolute atomic E-state index is 12.3. The van der Waals surface area contributed by atoms with Crippen LogP contribution in [0.15, 0.2) is 36.4 Å². The molecule has 0 aromatic heterocycles. The summed E-state index contributed by atoms with van der Waals surface area (Å²) in [7, 11) is 0. The second-order valence-electron chi connectivity index (χ2n) is 6.25. The topological polar surface area (TPSA) is 96.7 Å². The zero-order chi connectivity index (χ0) is 18.5. The van der Waals surface area contributed by atoms with Crippen molar-refractivity contribution in [1.29, 1.82) is 0 Å². The van der Waals surface area contributed by atoms with Crippen LogP contribution in [0.3, 0.4) is 0 Å². The molecule has 1 unspecified atom stereocenters. The summed E-state index contributed by atoms with van der Waals surface area (Å²) in [5, 5.41) is 5.03. The van der Waals surface area contributed by atoms with Crippen LogP contribution < -0.4 is 21.3 Å². The van der Waals surface area contributed by atoms with E-state index in [0.717, 1.165) is 22.1 Å². The minimum Gasteiger partial charge on any atom is -0.494 e. The van der Waals surface area contributed by atoms with E-state index in [-0.39, 0.29) is 18.2 Å². The van der Waals surface area contributed by atoms with E-state index in [1.165, 1.54) is 0 Å². The van der Waals surface area contributed by atoms with Gasteiger partial charge in [0.25, 0.3) is 0 Å². The summed E-state index contributed by atoms with van der Waals surface area (Å²) in [5.41, 5.74) is 3.13. The molecule has 0 radical (unpaired) electrons. The van der Waals surface area contributed by atoms with Gasteiger partial charge in [-0.1, -0.05) is 30.3 Å². The van der Waals surface area contributed by atoms with E-state index in [2.05, 4.69) is 22.9 Å². The van der Waals surface area contributed by atoms with Gasteiger partial charge in [-0.15, -0.1) is 0 Å². The average molecular weight is 356 g/mol. The predicted octanol–water partition coefficient (Wildman–Crippen LogP) is 0.919. The average Bonchev–Trinajstić information content (AvgIpc) is 2.66. The first kappa shape index (κ1) is 18.2. The van der Waals surface area contributed by atoms with Gasteiger partial charge in [0.15, 0.2) is 0 Å². The van der Waals surface area contributed by atoms with Crippen LogP contribution in [0.2, 0.25) is 0 Å². The molecule has 2 amide bonds. The molecular formula is C19H24N4O3. The Morgan fingerprint density at radius 1 is 1.35 bits per heavy atom. The number of hydrazine groups is 1. The van der Waals surface area contributed by atoms with Crippen molar-refractivity contribution in [2.45, 2.75) is 25.9 Å². The monoisotopic (exact) mass is 356 g/mol. The highest BCUT2D eigenvalue weighted by Crippen LogP contribution is 2.30. The van der Waals surface area contributed by atoms with Gasteiger partial charge < -0.3 is 10.1 Å². The first-order valence-corrected chi connectivity index (χ1v) is 8.78. The number of carbonyl (C=O) groups excluding carboxylic acids is 2. The van der Waals surface area contributed by atoms with Crippen molar-refractivity contribution in [2.75, 3.05) is 19.7 Å². The minimum atomic E-state index is -0.555. The van der Waals surface area contributed by atoms with Crippen LogP contribution in [0.4, 0.5) is 0 Å². The Balaban J connectivity index is 1.96. The zero-order valence-electron chi connectivity index (χ0n) is 14.8. The van der Waals surface area contributed by atoms with Gasteiger partial charge in [0, 0.05) is 25.2 Å². The second-order valence-corrected chi connectivity index (χ2v) is 6.25. The molecule has 4 N–H and O–H groups in total. The summed E-state index contributed by atoms with van der Waals surface area (Å²) in [5.74, 6) is 5.49. The van der Waals surface area contributed by atoms with Crippen molar-refractivity contribution in [2.24, 2.45) is 5.84 Å². The number of hydrogen-bond acceptors (Lipinski definition) is 5. The van der Waals surface area contributed by atoms with Crippen molar-refractivity contribution in [3.63, 3.8) is 0 Å². The smallest absolute Gasteiger partial charge is 0.237 e. The van der Waals surface area contributed by atoms with Gasteiger partial charge in [0.05, 0.1) is 19.1 Å². The first-order valence-electron chi connectivity index (χ1n) is 8.78. The molecule has 0 aliphatic carbocycles. The number of rotatable bonds is 6. The highest BCUT2D eigenvalue weighted by atomic mass is 16.5. The van der Waals surface area contributed by atoms with E-state index in [4.69, 9.17) is 10.6 Å². The highest BCUT2D eigenvalue weighted by molar-refractivity contribution is 5.89. The van der Waals surface area contributed by atoms with Crippen LogP contribution in [0.1, 0.15) is 18.9 Å². The molecule has 0 spiro atoms. The molecule has 3 rings (SSSR count). The van der Waals surface area contributed by atoms with E-state index in [1.54, 1.807) is 0 Å². The third-order valence-corrected chi connectivity index (χ3v) is 4.64. The number of amides is 2. The Labute approximate surface area is 152 Å². The van der Waals surface area contributed by atoms with Crippen LogP contribution >= 0.6 is 0 Å². The highest BCUT2D eigenvalue weighted by Gasteiger charge is 2.32. The molecule has 0 bridgehead atoms. The van der Waals surface area contributed by atoms with Gasteiger partial charge in [0.2, 0.25) is 11.8 Å². The van der Waals surface area contributed by atoms with Crippen LogP contribution in [0.5, 0.6) is 5.75 Å². The number of nitrogens with zero attached hydrogens (tertiary/aromatic N) is 1. The molecule has 1 atom stereocenters. The summed E-state index contributed by atoms with van der Waals surface area (Å²) in [6, 6.07) is 11.5. The standard InChI is InChI=1S/C19H24N4O3/c1-2-26-17-8-7-13-5-3-4-6-14(13)15(17)12-23-10-9-21-19(25)16(23)11-18(24)22-20/h3-8,16H,2,9-12,20H2,1H3,(H,21,25)(H,22,24). The van der Waals surface area contributed by atoms with Gasteiger partial charge >= 0.3 is 0 Å². The number of ether oxygens (including phenoxy) is 1. The molecule has 2 aromatic rings. The number of piperazine rings is 1. The number of benzene rings is 2. The molecule has 1 saturated heterocycles. The fourth-order valence-electron chi connectivity index (χ4n) is 3.38. The van der Waals surface area contributed by atoms with Crippen molar-refractivity contribution in [3.8, 4) is 5.75 Å². The van der Waals surface area contributed by atoms with Gasteiger partial charge in [0.1, 0.15) is 5.75 Å². The van der Waals surface area contributed by atoms with Gasteiger partial charge in [-0.2, -0.15) is 0 Å². The third-order valence-electron chi connectivity index (χ3n) is 4.64. The summed E-state index contributed by atoms with van der Waals surface area (Å²) < 4.78 is 5.82. The van der Waals surface area contributed by atoms with Crippen LogP contribution in [-0.4, -0.2) is 42.5 Å². The molecule has 1 aliphatic rings. The summed E-state index contributed by atoms with van der Waals surface area (Å²) in [6.07, 6.45) is 0.0249. The Morgan fingerprint density at radius 3 is 2.92 bits per heavy atom. The lowest BCUT2D eigenvalue weighted by Crippen LogP contribution is -2.56. The number of hydrogen-bond donors (Lipinski definition) is 3. The molecule has 2 aromatic carbocycles. The van der Waals surface area contributed by atoms with Gasteiger partial charge in [-0.3, -0.25) is 19.9 Å². The number of carbonyl (C=O) groups is 2. The van der Waals surface area contributed by atoms with E-state index >= 15 is 0 Å². The third kappa shape index (κ3) is 3.79. The molecule has 1 heterocycles. The zero-order valence-corrected chi connectivity index (χ0v) is 14.8. The van der Waals surface area contributed by atoms with Crippen molar-refractivity contribution in [3.05, 3.63) is 42.0 Å². The van der Waals surface area contributed by atoms with Crippen molar-refractivity contribution >= 4 is 22.6 Å². The lowest BCUT2D eigenvalue weighted by Gasteiger charge is -2.35. The molecule has 1 aliphatic heterocycles. The molecule has 7 nitrogen and oxygen atoms in total. The van der Waals surface area contributed by atoms with Crippen molar-refractivity contribution < 1.29 is 14.3 Å². The Kier molecular flexibility index (Phi) is 5.70. The fraction of sp³-hybridized carbons (Fsp3) is 0.368. The maximum Gasteiger partial charge on any atom is 0.237 e. The van der Waals surface area contributed by atoms with Crippen LogP contribution in [0, 0.1) is 0 Å². The quantitative estimate of drug-likeness (QED) is 0.406. The lowest BCUT2D eigenvalue weighted by atomic mass is 10.0. The summed E-state index contributed by atoms with van der Waals surface area (Å²) in [6.45, 7) is 4.23. The number of fused-ring (bicyclic) bond motifs is 1. The van der Waals surface area contributed by atoms with E-state index < -0.39 is 6.04 Å². The Morgan fingerprint density at radius 2 is 2.15 bits per heavy atom. The largest absolute Gasteiger partial charge is 0.494 e. The normalized spacial score (nSPS) is 17.8. The maximum atomic E-state index is 12.3. The van der Waals surface area contributed by atoms with E-state index in [1.807, 2.05) is 36.1 Å². The van der Waals surface area contributed by atoms with E-state index in [9.17, 15) is 9.59 Å². The second kappa shape index (κ2) is 8.16. The number of nitrogens with one attached hydrogen (secondary N) is 2. The van der Waals surface area contributed by atoms with E-state index in [0.29, 0.717) is 26.2 Å². The summed E-state index contributed by atoms with van der Waals surface area (Å²) >= 11 is 0. The number of nitrogens with two attached hydrogens (primary N) is 1. The summed E-state index contributed by atoms with van der Waals surface area (Å²) in [4.78, 5) is 26.1. The van der Waals surface area contributed by atoms with Gasteiger partial charge in [-0.05, 0) is 23.8 Å². The molecule has 0 saturated carbocycles. The Bertz CT molecular complexity index is 808. The molecule has 1 fully saturated rings. The van der Waals surface area contributed by atoms with Crippen LogP contribution in [0.25, 0.3) is 10.8 Å². The van der Waals surface area contributed by atoms with Crippen LogP contribution in [-0.2, 0) is 16.1 Å². The molecule has 7 heteroatoms.